The Bertz CT molecular complexity index is 4110. The Hall–Kier alpha value is -12.0. The second kappa shape index (κ2) is 29.8. The zero-order valence-electron chi connectivity index (χ0n) is 57.3. The van der Waals surface area contributed by atoms with Crippen molar-refractivity contribution >= 4 is 117 Å². The summed E-state index contributed by atoms with van der Waals surface area (Å²) >= 11 is 0. The van der Waals surface area contributed by atoms with Crippen molar-refractivity contribution in [3.63, 3.8) is 0 Å². The van der Waals surface area contributed by atoms with Gasteiger partial charge in [-0.1, -0.05) is 239 Å². The molecule has 13 rings (SSSR count). The first-order valence-corrected chi connectivity index (χ1v) is 33.8. The molecule has 13 aromatic rings. The second-order valence-electron chi connectivity index (χ2n) is 25.8. The first-order chi connectivity index (χ1) is 47.8. The third kappa shape index (κ3) is 15.7. The van der Waals surface area contributed by atoms with Crippen LogP contribution < -0.4 is 19.6 Å². The summed E-state index contributed by atoms with van der Waals surface area (Å²) in [6, 6.07) is 110. The van der Waals surface area contributed by atoms with Gasteiger partial charge in [-0.2, -0.15) is 0 Å². The number of nitrogens with zero attached hydrogens (tertiary/aromatic N) is 4. The highest BCUT2D eigenvalue weighted by molar-refractivity contribution is 5.89. The predicted molar refractivity (Wildman–Crippen MR) is 425 cm³/mol. The SMILES string of the molecule is Cc1ccc(N(c2ccc(C)cc2)c2ccc(/C=C/c3cc(/C=C/c4ccc(N(c5ccc(C)cc5)c5ccc(C)cc5)cc4)c(/C=C/c4ccc(N(c5ccc(C)cc5)c5ccc(C)cc5)cc4)cc3/C=C/c3ccc(N(c4ccc(C)cc4)c4ccc(C)cc4)cc3)cc2)cc1. The van der Waals surface area contributed by atoms with Crippen LogP contribution in [0.1, 0.15) is 89.0 Å². The molecule has 0 aliphatic rings. The van der Waals surface area contributed by atoms with Crippen molar-refractivity contribution in [1.82, 2.24) is 0 Å². The minimum atomic E-state index is 1.09. The van der Waals surface area contributed by atoms with Gasteiger partial charge in [-0.3, -0.25) is 0 Å². The highest BCUT2D eigenvalue weighted by atomic mass is 15.2. The molecule has 4 heteroatoms. The Morgan fingerprint density at radius 1 is 0.143 bits per heavy atom. The molecule has 4 nitrogen and oxygen atoms in total. The Kier molecular flexibility index (Phi) is 19.7. The fourth-order valence-corrected chi connectivity index (χ4v) is 12.3. The molecule has 0 aromatic heterocycles. The molecule has 0 N–H and O–H groups in total. The molecule has 0 unspecified atom stereocenters. The summed E-state index contributed by atoms with van der Waals surface area (Å²) in [5.41, 5.74) is 31.8. The third-order valence-corrected chi connectivity index (χ3v) is 18.1. The molecule has 0 aliphatic carbocycles. The average Bonchev–Trinajstić information content (AvgIpc) is 0.855. The molecule has 0 aliphatic heterocycles. The fourth-order valence-electron chi connectivity index (χ4n) is 12.3. The van der Waals surface area contributed by atoms with Crippen LogP contribution in [-0.4, -0.2) is 0 Å². The van der Waals surface area contributed by atoms with Gasteiger partial charge in [0, 0.05) is 68.2 Å². The average molecular weight is 1270 g/mol. The van der Waals surface area contributed by atoms with E-state index in [0.29, 0.717) is 0 Å². The van der Waals surface area contributed by atoms with E-state index in [2.05, 4.69) is 427 Å². The molecule has 0 heterocycles. The molecular weight excluding hydrogens is 1190 g/mol. The van der Waals surface area contributed by atoms with Crippen LogP contribution in [0.2, 0.25) is 0 Å². The lowest BCUT2D eigenvalue weighted by atomic mass is 9.95. The van der Waals surface area contributed by atoms with Crippen LogP contribution in [0.3, 0.4) is 0 Å². The summed E-state index contributed by atoms with van der Waals surface area (Å²) < 4.78 is 0. The molecule has 0 amide bonds. The van der Waals surface area contributed by atoms with E-state index in [1.54, 1.807) is 0 Å². The van der Waals surface area contributed by atoms with Gasteiger partial charge in [0.15, 0.2) is 0 Å². The van der Waals surface area contributed by atoms with E-state index in [1.807, 2.05) is 0 Å². The van der Waals surface area contributed by atoms with Crippen LogP contribution >= 0.6 is 0 Å². The smallest absolute Gasteiger partial charge is 0.0462 e. The number of hydrogen-bond acceptors (Lipinski definition) is 4. The minimum Gasteiger partial charge on any atom is -0.311 e. The molecule has 98 heavy (non-hydrogen) atoms. The van der Waals surface area contributed by atoms with Crippen molar-refractivity contribution < 1.29 is 0 Å². The monoisotopic (exact) mass is 1270 g/mol. The molecule has 0 saturated carbocycles. The van der Waals surface area contributed by atoms with Gasteiger partial charge < -0.3 is 19.6 Å². The van der Waals surface area contributed by atoms with Crippen molar-refractivity contribution in [3.05, 3.63) is 392 Å². The standard InChI is InChI=1S/C94H82N4/c1-67-9-41-83(42-10-67)95(84-43-11-68(2)12-44-84)91-57-29-75(30-58-91)25-37-79-65-81(39-27-77-33-61-93(62-34-77)97(87-49-17-71(5)18-50-87)88-51-19-72(6)20-52-88)82(40-28-78-35-63-94(64-36-78)98(89-53-21-73(7)22-54-89)90-55-23-74(8)24-56-90)66-80(79)38-26-76-31-59-92(60-32-76)96(85-45-13-69(3)14-46-85)86-47-15-70(4)16-48-86/h9-66H,1-8H3/b37-25+,38-26+,39-27+,40-28+. The van der Waals surface area contributed by atoms with E-state index < -0.39 is 0 Å². The predicted octanol–water partition coefficient (Wildman–Crippen LogP) is 26.7. The molecule has 0 spiro atoms. The lowest BCUT2D eigenvalue weighted by molar-refractivity contribution is 1.27. The van der Waals surface area contributed by atoms with Gasteiger partial charge in [0.2, 0.25) is 0 Å². The molecule has 0 atom stereocenters. The lowest BCUT2D eigenvalue weighted by Gasteiger charge is -2.26. The van der Waals surface area contributed by atoms with Crippen LogP contribution in [0.15, 0.2) is 303 Å². The van der Waals surface area contributed by atoms with Crippen LogP contribution in [0, 0.1) is 55.4 Å². The Labute approximate surface area is 580 Å². The molecule has 478 valence electrons. The maximum absolute atomic E-state index is 2.34. The molecule has 0 radical (unpaired) electrons. The van der Waals surface area contributed by atoms with Crippen molar-refractivity contribution in [3.8, 4) is 0 Å². The van der Waals surface area contributed by atoms with Crippen LogP contribution in [0.5, 0.6) is 0 Å². The number of rotatable bonds is 20. The normalized spacial score (nSPS) is 11.5. The Balaban J connectivity index is 0.900. The molecule has 0 bridgehead atoms. The second-order valence-corrected chi connectivity index (χ2v) is 25.8. The van der Waals surface area contributed by atoms with Crippen molar-refractivity contribution in [2.75, 3.05) is 19.6 Å². The van der Waals surface area contributed by atoms with Crippen LogP contribution in [-0.2, 0) is 0 Å². The van der Waals surface area contributed by atoms with Gasteiger partial charge in [-0.15, -0.1) is 0 Å². The summed E-state index contributed by atoms with van der Waals surface area (Å²) in [6.07, 6.45) is 18.1. The number of anilines is 12. The van der Waals surface area contributed by atoms with Gasteiger partial charge in [0.25, 0.3) is 0 Å². The van der Waals surface area contributed by atoms with Crippen molar-refractivity contribution in [2.24, 2.45) is 0 Å². The van der Waals surface area contributed by atoms with E-state index in [1.165, 1.54) is 44.5 Å². The zero-order chi connectivity index (χ0) is 67.5. The summed E-state index contributed by atoms with van der Waals surface area (Å²) in [5.74, 6) is 0. The van der Waals surface area contributed by atoms with Crippen molar-refractivity contribution in [2.45, 2.75) is 55.4 Å². The van der Waals surface area contributed by atoms with Gasteiger partial charge >= 0.3 is 0 Å². The summed E-state index contributed by atoms with van der Waals surface area (Å²) in [6.45, 7) is 17.1. The van der Waals surface area contributed by atoms with Gasteiger partial charge in [0.05, 0.1) is 0 Å². The Morgan fingerprint density at radius 2 is 0.255 bits per heavy atom. The molecule has 13 aromatic carbocycles. The summed E-state index contributed by atoms with van der Waals surface area (Å²) in [7, 11) is 0. The fraction of sp³-hybridized carbons (Fsp3) is 0.0851. The van der Waals surface area contributed by atoms with Crippen LogP contribution in [0.4, 0.5) is 68.2 Å². The maximum Gasteiger partial charge on any atom is 0.0462 e. The zero-order valence-corrected chi connectivity index (χ0v) is 57.3. The van der Waals surface area contributed by atoms with Crippen molar-refractivity contribution in [1.29, 1.82) is 0 Å². The highest BCUT2D eigenvalue weighted by Gasteiger charge is 2.18. The topological polar surface area (TPSA) is 13.0 Å². The first kappa shape index (κ1) is 64.7. The van der Waals surface area contributed by atoms with Crippen LogP contribution in [0.25, 0.3) is 48.6 Å². The minimum absolute atomic E-state index is 1.09. The Morgan fingerprint density at radius 3 is 0.378 bits per heavy atom. The lowest BCUT2D eigenvalue weighted by Crippen LogP contribution is -2.09. The molecule has 0 saturated heterocycles. The van der Waals surface area contributed by atoms with E-state index in [9.17, 15) is 0 Å². The largest absolute Gasteiger partial charge is 0.311 e. The van der Waals surface area contributed by atoms with E-state index in [-0.39, 0.29) is 0 Å². The van der Waals surface area contributed by atoms with Gasteiger partial charge in [-0.05, 0) is 258 Å². The van der Waals surface area contributed by atoms with E-state index >= 15 is 0 Å². The van der Waals surface area contributed by atoms with E-state index in [0.717, 1.165) is 113 Å². The maximum atomic E-state index is 2.34. The molecular formula is C94H82N4. The highest BCUT2D eigenvalue weighted by Crippen LogP contribution is 2.40. The number of benzene rings is 13. The number of hydrogen-bond donors (Lipinski definition) is 0. The van der Waals surface area contributed by atoms with E-state index in [4.69, 9.17) is 0 Å². The van der Waals surface area contributed by atoms with Gasteiger partial charge in [0.1, 0.15) is 0 Å². The number of aryl methyl sites for hydroxylation is 8. The summed E-state index contributed by atoms with van der Waals surface area (Å²) in [4.78, 5) is 9.30. The van der Waals surface area contributed by atoms with Gasteiger partial charge in [-0.25, -0.2) is 0 Å². The first-order valence-electron chi connectivity index (χ1n) is 33.8. The third-order valence-electron chi connectivity index (χ3n) is 18.1. The summed E-state index contributed by atoms with van der Waals surface area (Å²) in [5, 5.41) is 0. The quantitative estimate of drug-likeness (QED) is 0.0705. The molecule has 0 fully saturated rings.